The maximum Gasteiger partial charge on any atom is 0.239 e. The maximum absolute atomic E-state index is 13.4. The van der Waals surface area contributed by atoms with Gasteiger partial charge in [0.05, 0.1) is 49.5 Å². The summed E-state index contributed by atoms with van der Waals surface area (Å²) in [5.41, 5.74) is 1.88. The van der Waals surface area contributed by atoms with Gasteiger partial charge < -0.3 is 19.1 Å². The first-order valence-electron chi connectivity index (χ1n) is 10.6. The standard InChI is InChI=1S/C23H26IN3O6S/c1-31-16-11-15(12-17(13-16)32-2)27(25)22-18-5-3-4-6-20(18)34(29,30)14-19(22)21(24)23(28)26-7-9-33-10-8-26/h3-6,11-13,21H,7-10,14,25H2,1-2H3. The maximum atomic E-state index is 13.4. The summed E-state index contributed by atoms with van der Waals surface area (Å²) in [4.78, 5) is 15.2. The number of nitrogens with two attached hydrogens (primary N) is 1. The Morgan fingerprint density at radius 2 is 1.74 bits per heavy atom. The Kier molecular flexibility index (Phi) is 7.36. The molecular weight excluding hydrogens is 573 g/mol. The SMILES string of the molecule is COc1cc(OC)cc(N(N)C2=C(C(I)C(=O)N3CCOCC3)CS(=O)(=O)c3ccccc32)c1. The third kappa shape index (κ3) is 4.74. The molecule has 1 saturated heterocycles. The highest BCUT2D eigenvalue weighted by Crippen LogP contribution is 2.40. The summed E-state index contributed by atoms with van der Waals surface area (Å²) in [6.07, 6.45) is 0. The number of alkyl halides is 1. The van der Waals surface area contributed by atoms with Crippen LogP contribution in [-0.4, -0.2) is 69.4 Å². The molecule has 11 heteroatoms. The van der Waals surface area contributed by atoms with E-state index in [0.29, 0.717) is 60.3 Å². The molecule has 9 nitrogen and oxygen atoms in total. The van der Waals surface area contributed by atoms with Crippen LogP contribution in [0.15, 0.2) is 52.9 Å². The van der Waals surface area contributed by atoms with Gasteiger partial charge in [-0.1, -0.05) is 40.8 Å². The van der Waals surface area contributed by atoms with E-state index in [1.807, 2.05) is 22.6 Å². The zero-order valence-electron chi connectivity index (χ0n) is 18.9. The molecule has 2 heterocycles. The number of ether oxygens (including phenoxy) is 3. The fourth-order valence-corrected chi connectivity index (χ4v) is 6.95. The van der Waals surface area contributed by atoms with Crippen molar-refractivity contribution in [3.05, 3.63) is 53.6 Å². The van der Waals surface area contributed by atoms with Crippen LogP contribution in [0, 0.1) is 0 Å². The Labute approximate surface area is 212 Å². The lowest BCUT2D eigenvalue weighted by atomic mass is 10.0. The van der Waals surface area contributed by atoms with E-state index in [4.69, 9.17) is 20.1 Å². The highest BCUT2D eigenvalue weighted by molar-refractivity contribution is 14.1. The number of anilines is 1. The van der Waals surface area contributed by atoms with Gasteiger partial charge in [-0.15, -0.1) is 0 Å². The van der Waals surface area contributed by atoms with E-state index in [9.17, 15) is 13.2 Å². The smallest absolute Gasteiger partial charge is 0.239 e. The number of fused-ring (bicyclic) bond motifs is 1. The van der Waals surface area contributed by atoms with E-state index >= 15 is 0 Å². The number of methoxy groups -OCH3 is 2. The van der Waals surface area contributed by atoms with Crippen LogP contribution in [-0.2, 0) is 19.4 Å². The molecule has 2 aromatic carbocycles. The van der Waals surface area contributed by atoms with Gasteiger partial charge in [0.1, 0.15) is 15.4 Å². The summed E-state index contributed by atoms with van der Waals surface area (Å²) in [5.74, 6) is 7.23. The second-order valence-corrected chi connectivity index (χ2v) is 11.1. The molecule has 0 radical (unpaired) electrons. The van der Waals surface area contributed by atoms with Crippen molar-refractivity contribution >= 4 is 49.7 Å². The number of hydrazine groups is 1. The van der Waals surface area contributed by atoms with Crippen molar-refractivity contribution in [1.82, 2.24) is 4.90 Å². The molecule has 2 aromatic rings. The number of benzene rings is 2. The van der Waals surface area contributed by atoms with Crippen LogP contribution in [0.4, 0.5) is 5.69 Å². The van der Waals surface area contributed by atoms with Gasteiger partial charge >= 0.3 is 0 Å². The Bertz CT molecular complexity index is 1200. The van der Waals surface area contributed by atoms with E-state index in [1.165, 1.54) is 19.2 Å². The third-order valence-corrected chi connectivity index (χ3v) is 8.83. The van der Waals surface area contributed by atoms with Gasteiger partial charge in [0, 0.05) is 36.9 Å². The van der Waals surface area contributed by atoms with Crippen LogP contribution < -0.4 is 20.3 Å². The van der Waals surface area contributed by atoms with E-state index < -0.39 is 13.8 Å². The lowest BCUT2D eigenvalue weighted by Gasteiger charge is -2.34. The van der Waals surface area contributed by atoms with Crippen LogP contribution in [0.1, 0.15) is 5.56 Å². The van der Waals surface area contributed by atoms with E-state index in [2.05, 4.69) is 0 Å². The molecule has 0 bridgehead atoms. The monoisotopic (exact) mass is 599 g/mol. The van der Waals surface area contributed by atoms with Crippen LogP contribution in [0.2, 0.25) is 0 Å². The van der Waals surface area contributed by atoms with Crippen molar-refractivity contribution in [3.63, 3.8) is 0 Å². The summed E-state index contributed by atoms with van der Waals surface area (Å²) < 4.78 is 41.8. The molecule has 0 spiro atoms. The molecular formula is C23H26IN3O6S. The number of amides is 1. The molecule has 1 atom stereocenters. The topological polar surface area (TPSA) is 111 Å². The quantitative estimate of drug-likeness (QED) is 0.233. The average molecular weight is 599 g/mol. The number of halogens is 1. The predicted molar refractivity (Wildman–Crippen MR) is 137 cm³/mol. The van der Waals surface area contributed by atoms with Crippen LogP contribution in [0.25, 0.3) is 5.70 Å². The summed E-state index contributed by atoms with van der Waals surface area (Å²) in [7, 11) is -0.592. The molecule has 2 aliphatic rings. The lowest BCUT2D eigenvalue weighted by molar-refractivity contribution is -0.133. The number of sulfone groups is 1. The summed E-state index contributed by atoms with van der Waals surface area (Å²) in [5, 5.41) is 1.41. The average Bonchev–Trinajstić information content (AvgIpc) is 2.87. The van der Waals surface area contributed by atoms with E-state index in [-0.39, 0.29) is 16.6 Å². The van der Waals surface area contributed by atoms with Crippen molar-refractivity contribution in [3.8, 4) is 11.5 Å². The molecule has 1 fully saturated rings. The number of nitrogens with zero attached hydrogens (tertiary/aromatic N) is 2. The highest BCUT2D eigenvalue weighted by atomic mass is 127. The number of morpholine rings is 1. The first-order valence-corrected chi connectivity index (χ1v) is 13.5. The predicted octanol–water partition coefficient (Wildman–Crippen LogP) is 2.24. The van der Waals surface area contributed by atoms with Crippen LogP contribution in [0.5, 0.6) is 11.5 Å². The highest BCUT2D eigenvalue weighted by Gasteiger charge is 2.38. The molecule has 4 rings (SSSR count). The number of rotatable bonds is 6. The second kappa shape index (κ2) is 10.1. The fourth-order valence-electron chi connectivity index (χ4n) is 4.09. The molecule has 1 amide bonds. The number of hydrogen-bond donors (Lipinski definition) is 1. The first kappa shape index (κ1) is 24.8. The van der Waals surface area contributed by atoms with E-state index in [1.54, 1.807) is 47.4 Å². The first-order chi connectivity index (χ1) is 16.3. The minimum atomic E-state index is -3.66. The molecule has 0 aliphatic carbocycles. The molecule has 34 heavy (non-hydrogen) atoms. The third-order valence-electron chi connectivity index (χ3n) is 5.83. The lowest BCUT2D eigenvalue weighted by Crippen LogP contribution is -2.46. The summed E-state index contributed by atoms with van der Waals surface area (Å²) in [6, 6.07) is 11.9. The van der Waals surface area contributed by atoms with Gasteiger partial charge in [-0.05, 0) is 11.6 Å². The van der Waals surface area contributed by atoms with Gasteiger partial charge in [0.2, 0.25) is 5.91 Å². The number of carbonyl (C=O) groups excluding carboxylic acids is 1. The zero-order valence-corrected chi connectivity index (χ0v) is 21.8. The normalized spacial score (nSPS) is 18.2. The molecule has 0 saturated carbocycles. The molecule has 1 unspecified atom stereocenters. The van der Waals surface area contributed by atoms with Crippen molar-refractivity contribution in [2.24, 2.45) is 5.84 Å². The van der Waals surface area contributed by atoms with Gasteiger partial charge in [-0.3, -0.25) is 9.80 Å². The van der Waals surface area contributed by atoms with Gasteiger partial charge in [0.25, 0.3) is 0 Å². The Morgan fingerprint density at radius 1 is 1.12 bits per heavy atom. The largest absolute Gasteiger partial charge is 0.497 e. The minimum absolute atomic E-state index is 0.164. The van der Waals surface area contributed by atoms with Crippen molar-refractivity contribution in [2.75, 3.05) is 51.3 Å². The Balaban J connectivity index is 1.88. The molecule has 182 valence electrons. The summed E-state index contributed by atoms with van der Waals surface area (Å²) >= 11 is 2.01. The molecule has 2 aliphatic heterocycles. The zero-order chi connectivity index (χ0) is 24.5. The number of carbonyl (C=O) groups is 1. The Hall–Kier alpha value is -2.35. The summed E-state index contributed by atoms with van der Waals surface area (Å²) in [6.45, 7) is 1.83. The van der Waals surface area contributed by atoms with Crippen LogP contribution in [0.3, 0.4) is 0 Å². The van der Waals surface area contributed by atoms with Crippen molar-refractivity contribution < 1.29 is 27.4 Å². The number of hydrogen-bond acceptors (Lipinski definition) is 8. The van der Waals surface area contributed by atoms with Crippen molar-refractivity contribution in [2.45, 2.75) is 8.82 Å². The van der Waals surface area contributed by atoms with Gasteiger partial charge in [-0.2, -0.15) is 0 Å². The van der Waals surface area contributed by atoms with Gasteiger partial charge in [-0.25, -0.2) is 14.3 Å². The molecule has 0 aromatic heterocycles. The fraction of sp³-hybridized carbons (Fsp3) is 0.348. The van der Waals surface area contributed by atoms with E-state index in [0.717, 1.165) is 0 Å². The minimum Gasteiger partial charge on any atom is -0.497 e. The Morgan fingerprint density at radius 3 is 2.35 bits per heavy atom. The molecule has 2 N–H and O–H groups in total. The van der Waals surface area contributed by atoms with Crippen molar-refractivity contribution in [1.29, 1.82) is 0 Å². The van der Waals surface area contributed by atoms with Gasteiger partial charge in [0.15, 0.2) is 9.84 Å². The second-order valence-electron chi connectivity index (χ2n) is 7.87. The van der Waals surface area contributed by atoms with Crippen LogP contribution >= 0.6 is 22.6 Å².